The smallest absolute Gasteiger partial charge is 0.481 e. The Kier molecular flexibility index (Phi) is 9.72. The summed E-state index contributed by atoms with van der Waals surface area (Å²) >= 11 is 0. The second-order valence-corrected chi connectivity index (χ2v) is 4.01. The van der Waals surface area contributed by atoms with Crippen LogP contribution in [0.1, 0.15) is 12.8 Å². The fourth-order valence-corrected chi connectivity index (χ4v) is 0.915. The number of rotatable bonds is 7. The third kappa shape index (κ3) is 11.7. The SMILES string of the molecule is N[C@@H](CC(=O)N[C@H](CC(=O)O)C(=O)O)C(=O)O.O=C(O)C(F)(F)F. The summed E-state index contributed by atoms with van der Waals surface area (Å²) in [6.45, 7) is 0. The van der Waals surface area contributed by atoms with Crippen molar-refractivity contribution in [2.24, 2.45) is 5.73 Å². The maximum atomic E-state index is 11.1. The number of carbonyl (C=O) groups excluding carboxylic acids is 1. The van der Waals surface area contributed by atoms with Crippen LogP contribution >= 0.6 is 0 Å². The fraction of sp³-hybridized carbons (Fsp3) is 0.500. The van der Waals surface area contributed by atoms with Gasteiger partial charge in [-0.05, 0) is 0 Å². The van der Waals surface area contributed by atoms with E-state index in [9.17, 15) is 32.3 Å². The van der Waals surface area contributed by atoms with E-state index in [4.69, 9.17) is 31.0 Å². The lowest BCUT2D eigenvalue weighted by atomic mass is 10.1. The summed E-state index contributed by atoms with van der Waals surface area (Å²) in [6.07, 6.45) is -6.51. The molecule has 0 saturated heterocycles. The normalized spacial score (nSPS) is 12.8. The van der Waals surface area contributed by atoms with E-state index in [-0.39, 0.29) is 0 Å². The molecule has 0 radical (unpaired) electrons. The van der Waals surface area contributed by atoms with E-state index in [1.165, 1.54) is 0 Å². The highest BCUT2D eigenvalue weighted by atomic mass is 19.4. The Morgan fingerprint density at radius 2 is 1.33 bits per heavy atom. The monoisotopic (exact) mass is 362 g/mol. The van der Waals surface area contributed by atoms with Crippen molar-refractivity contribution in [1.82, 2.24) is 5.32 Å². The Balaban J connectivity index is 0. The van der Waals surface area contributed by atoms with Crippen LogP contribution in [0.2, 0.25) is 0 Å². The van der Waals surface area contributed by atoms with Gasteiger partial charge in [0.25, 0.3) is 0 Å². The molecule has 24 heavy (non-hydrogen) atoms. The summed E-state index contributed by atoms with van der Waals surface area (Å²) in [5.41, 5.74) is 5.05. The van der Waals surface area contributed by atoms with Gasteiger partial charge in [0, 0.05) is 0 Å². The van der Waals surface area contributed by atoms with Crippen LogP contribution in [-0.2, 0) is 24.0 Å². The number of amides is 1. The molecule has 138 valence electrons. The van der Waals surface area contributed by atoms with Gasteiger partial charge in [-0.3, -0.25) is 14.4 Å². The third-order valence-electron chi connectivity index (χ3n) is 1.98. The highest BCUT2D eigenvalue weighted by molar-refractivity contribution is 5.89. The summed E-state index contributed by atoms with van der Waals surface area (Å²) in [5.74, 6) is -8.03. The van der Waals surface area contributed by atoms with Gasteiger partial charge in [-0.15, -0.1) is 0 Å². The van der Waals surface area contributed by atoms with E-state index in [1.807, 2.05) is 5.32 Å². The Hall–Kier alpha value is -2.90. The number of aliphatic carboxylic acids is 4. The average molecular weight is 362 g/mol. The van der Waals surface area contributed by atoms with E-state index >= 15 is 0 Å². The van der Waals surface area contributed by atoms with Gasteiger partial charge < -0.3 is 31.5 Å². The van der Waals surface area contributed by atoms with E-state index in [1.54, 1.807) is 0 Å². The van der Waals surface area contributed by atoms with E-state index < -0.39 is 60.9 Å². The molecule has 0 aliphatic rings. The van der Waals surface area contributed by atoms with Crippen LogP contribution in [0.15, 0.2) is 0 Å². The first-order valence-electron chi connectivity index (χ1n) is 5.70. The lowest BCUT2D eigenvalue weighted by Crippen LogP contribution is -2.45. The minimum absolute atomic E-state index is 0.626. The maximum absolute atomic E-state index is 11.1. The van der Waals surface area contributed by atoms with Gasteiger partial charge in [0.15, 0.2) is 0 Å². The average Bonchev–Trinajstić information content (AvgIpc) is 2.36. The fourth-order valence-electron chi connectivity index (χ4n) is 0.915. The number of hydrogen-bond acceptors (Lipinski definition) is 6. The molecule has 11 nitrogen and oxygen atoms in total. The van der Waals surface area contributed by atoms with Crippen LogP contribution in [0.5, 0.6) is 0 Å². The lowest BCUT2D eigenvalue weighted by Gasteiger charge is -2.13. The van der Waals surface area contributed by atoms with Crippen LogP contribution in [0.4, 0.5) is 13.2 Å². The molecule has 0 heterocycles. The summed E-state index contributed by atoms with van der Waals surface area (Å²) in [4.78, 5) is 51.2. The minimum atomic E-state index is -5.08. The number of carbonyl (C=O) groups is 5. The number of alkyl halides is 3. The van der Waals surface area contributed by atoms with Crippen LogP contribution in [0.25, 0.3) is 0 Å². The van der Waals surface area contributed by atoms with Crippen molar-refractivity contribution in [3.05, 3.63) is 0 Å². The first kappa shape index (κ1) is 23.4. The molecule has 0 rings (SSSR count). The lowest BCUT2D eigenvalue weighted by molar-refractivity contribution is -0.192. The highest BCUT2D eigenvalue weighted by Crippen LogP contribution is 2.13. The van der Waals surface area contributed by atoms with Gasteiger partial charge in [0.05, 0.1) is 12.8 Å². The molecular weight excluding hydrogens is 349 g/mol. The van der Waals surface area contributed by atoms with Gasteiger partial charge in [-0.2, -0.15) is 13.2 Å². The number of carboxylic acids is 4. The Morgan fingerprint density at radius 1 is 0.917 bits per heavy atom. The molecule has 0 aliphatic carbocycles. The van der Waals surface area contributed by atoms with Crippen molar-refractivity contribution in [3.8, 4) is 0 Å². The van der Waals surface area contributed by atoms with Crippen molar-refractivity contribution in [1.29, 1.82) is 0 Å². The summed E-state index contributed by atoms with van der Waals surface area (Å²) < 4.78 is 31.7. The summed E-state index contributed by atoms with van der Waals surface area (Å²) in [7, 11) is 0. The van der Waals surface area contributed by atoms with Gasteiger partial charge >= 0.3 is 30.1 Å². The number of carboxylic acid groups (broad SMARTS) is 4. The zero-order valence-electron chi connectivity index (χ0n) is 11.6. The second kappa shape index (κ2) is 9.98. The Labute approximate surface area is 130 Å². The predicted molar refractivity (Wildman–Crippen MR) is 65.7 cm³/mol. The summed E-state index contributed by atoms with van der Waals surface area (Å²) in [5, 5.41) is 34.4. The van der Waals surface area contributed by atoms with Gasteiger partial charge in [-0.25, -0.2) is 9.59 Å². The number of hydrogen-bond donors (Lipinski definition) is 6. The van der Waals surface area contributed by atoms with Crippen LogP contribution in [0, 0.1) is 0 Å². The largest absolute Gasteiger partial charge is 0.490 e. The number of nitrogens with two attached hydrogens (primary N) is 1. The van der Waals surface area contributed by atoms with Crippen LogP contribution < -0.4 is 11.1 Å². The van der Waals surface area contributed by atoms with Crippen molar-refractivity contribution in [2.45, 2.75) is 31.1 Å². The van der Waals surface area contributed by atoms with Gasteiger partial charge in [-0.1, -0.05) is 0 Å². The van der Waals surface area contributed by atoms with Crippen molar-refractivity contribution in [3.63, 3.8) is 0 Å². The van der Waals surface area contributed by atoms with Gasteiger partial charge in [0.1, 0.15) is 12.1 Å². The first-order valence-corrected chi connectivity index (χ1v) is 5.70. The molecule has 0 saturated carbocycles. The maximum Gasteiger partial charge on any atom is 0.490 e. The molecule has 14 heteroatoms. The topological polar surface area (TPSA) is 204 Å². The standard InChI is InChI=1S/C8H12N2O7.C2HF3O2/c9-3(7(14)15)1-5(11)10-4(8(16)17)2-6(12)13;3-2(4,5)1(6)7/h3-4H,1-2,9H2,(H,10,11)(H,12,13)(H,14,15)(H,16,17);(H,6,7)/t3-,4+;/m0./s1. The summed E-state index contributed by atoms with van der Waals surface area (Å²) in [6, 6.07) is -3.07. The quantitative estimate of drug-likeness (QED) is 0.308. The molecule has 1 amide bonds. The zero-order chi connectivity index (χ0) is 19.7. The molecule has 2 atom stereocenters. The highest BCUT2D eigenvalue weighted by Gasteiger charge is 2.38. The predicted octanol–water partition coefficient (Wildman–Crippen LogP) is -1.53. The molecule has 0 aromatic heterocycles. The molecule has 0 aromatic carbocycles. The van der Waals surface area contributed by atoms with Gasteiger partial charge in [0.2, 0.25) is 5.91 Å². The molecule has 0 aliphatic heterocycles. The molecular formula is C10H13F3N2O9. The Bertz CT molecular complexity index is 506. The van der Waals surface area contributed by atoms with Crippen molar-refractivity contribution >= 4 is 29.8 Å². The molecule has 0 unspecified atom stereocenters. The molecule has 7 N–H and O–H groups in total. The Morgan fingerprint density at radius 3 is 1.58 bits per heavy atom. The van der Waals surface area contributed by atoms with E-state index in [2.05, 4.69) is 0 Å². The molecule has 0 aromatic rings. The van der Waals surface area contributed by atoms with Crippen molar-refractivity contribution < 1.29 is 57.6 Å². The molecule has 0 fully saturated rings. The van der Waals surface area contributed by atoms with Crippen LogP contribution in [-0.4, -0.2) is 68.5 Å². The number of nitrogens with one attached hydrogen (secondary N) is 1. The zero-order valence-corrected chi connectivity index (χ0v) is 11.6. The third-order valence-corrected chi connectivity index (χ3v) is 1.98. The second-order valence-electron chi connectivity index (χ2n) is 4.01. The molecule has 0 spiro atoms. The minimum Gasteiger partial charge on any atom is -0.481 e. The van der Waals surface area contributed by atoms with E-state index in [0.717, 1.165) is 0 Å². The van der Waals surface area contributed by atoms with Crippen molar-refractivity contribution in [2.75, 3.05) is 0 Å². The molecule has 0 bridgehead atoms. The number of halogens is 3. The first-order chi connectivity index (χ1) is 10.7. The van der Waals surface area contributed by atoms with E-state index in [0.29, 0.717) is 0 Å². The van der Waals surface area contributed by atoms with Crippen LogP contribution in [0.3, 0.4) is 0 Å².